The smallest absolute Gasteiger partial charge is 0.250 e. The van der Waals surface area contributed by atoms with Crippen LogP contribution in [0.25, 0.3) is 0 Å². The van der Waals surface area contributed by atoms with Crippen molar-refractivity contribution in [3.8, 4) is 0 Å². The maximum Gasteiger partial charge on any atom is 0.250 e. The van der Waals surface area contributed by atoms with Gasteiger partial charge in [0.15, 0.2) is 0 Å². The second kappa shape index (κ2) is 9.38. The van der Waals surface area contributed by atoms with E-state index in [2.05, 4.69) is 22.7 Å². The molecular formula is C18H19ClN2OS. The minimum Gasteiger partial charge on any atom is -0.272 e. The molecule has 2 rings (SSSR count). The highest BCUT2D eigenvalue weighted by Gasteiger charge is 2.04. The summed E-state index contributed by atoms with van der Waals surface area (Å²) in [5.41, 5.74) is 4.79. The molecule has 0 fully saturated rings. The van der Waals surface area contributed by atoms with Gasteiger partial charge in [-0.05, 0) is 36.2 Å². The molecule has 0 radical (unpaired) electrons. The molecule has 5 heteroatoms. The lowest BCUT2D eigenvalue weighted by Gasteiger charge is -2.05. The van der Waals surface area contributed by atoms with Gasteiger partial charge in [0.25, 0.3) is 0 Å². The van der Waals surface area contributed by atoms with Crippen molar-refractivity contribution in [3.05, 3.63) is 65.2 Å². The average molecular weight is 347 g/mol. The molecule has 0 saturated heterocycles. The van der Waals surface area contributed by atoms with Crippen LogP contribution in [-0.4, -0.2) is 17.4 Å². The van der Waals surface area contributed by atoms with Gasteiger partial charge in [-0.2, -0.15) is 5.10 Å². The molecule has 1 N–H and O–H groups in total. The third kappa shape index (κ3) is 6.47. The average Bonchev–Trinajstić information content (AvgIpc) is 2.59. The standard InChI is InChI=1S/C18H19ClN2OS/c1-2-16(12-14-6-4-3-5-7-14)20-21-18(22)13-23-17-10-8-15(19)9-11-17/h3-11H,2,12-13H2,1H3,(H,21,22)/b20-16-. The number of nitrogens with zero attached hydrogens (tertiary/aromatic N) is 1. The van der Waals surface area contributed by atoms with E-state index < -0.39 is 0 Å². The van der Waals surface area contributed by atoms with Gasteiger partial charge >= 0.3 is 0 Å². The number of hydrogen-bond donors (Lipinski definition) is 1. The minimum atomic E-state index is -0.107. The SMILES string of the molecule is CC/C(Cc1ccccc1)=N/NC(=O)CSc1ccc(Cl)cc1. The van der Waals surface area contributed by atoms with Crippen LogP contribution in [0.2, 0.25) is 5.02 Å². The third-order valence-electron chi connectivity index (χ3n) is 3.18. The predicted molar refractivity (Wildman–Crippen MR) is 98.2 cm³/mol. The molecule has 0 aliphatic carbocycles. The summed E-state index contributed by atoms with van der Waals surface area (Å²) in [6, 6.07) is 17.5. The molecule has 0 aliphatic rings. The fourth-order valence-corrected chi connectivity index (χ4v) is 2.75. The first-order chi connectivity index (χ1) is 11.2. The maximum atomic E-state index is 11.9. The zero-order chi connectivity index (χ0) is 16.5. The normalized spacial score (nSPS) is 11.3. The number of nitrogens with one attached hydrogen (secondary N) is 1. The van der Waals surface area contributed by atoms with Crippen LogP contribution in [0.5, 0.6) is 0 Å². The second-order valence-corrected chi connectivity index (χ2v) is 6.46. The molecule has 120 valence electrons. The van der Waals surface area contributed by atoms with Gasteiger partial charge in [0.05, 0.1) is 5.75 Å². The van der Waals surface area contributed by atoms with Crippen molar-refractivity contribution in [1.29, 1.82) is 0 Å². The van der Waals surface area contributed by atoms with E-state index in [0.29, 0.717) is 10.8 Å². The molecule has 0 aromatic heterocycles. The highest BCUT2D eigenvalue weighted by Crippen LogP contribution is 2.19. The molecule has 1 amide bonds. The summed E-state index contributed by atoms with van der Waals surface area (Å²) in [6.07, 6.45) is 1.56. The van der Waals surface area contributed by atoms with Gasteiger partial charge < -0.3 is 0 Å². The molecule has 0 bridgehead atoms. The molecule has 0 unspecified atom stereocenters. The Morgan fingerprint density at radius 1 is 1.13 bits per heavy atom. The quantitative estimate of drug-likeness (QED) is 0.453. The predicted octanol–water partition coefficient (Wildman–Crippen LogP) is 4.56. The van der Waals surface area contributed by atoms with Crippen LogP contribution in [0.3, 0.4) is 0 Å². The van der Waals surface area contributed by atoms with Crippen LogP contribution in [0.15, 0.2) is 64.6 Å². The van der Waals surface area contributed by atoms with E-state index in [4.69, 9.17) is 11.6 Å². The monoisotopic (exact) mass is 346 g/mol. The van der Waals surface area contributed by atoms with Gasteiger partial charge in [-0.15, -0.1) is 11.8 Å². The Bertz CT molecular complexity index is 656. The van der Waals surface area contributed by atoms with Crippen LogP contribution in [-0.2, 0) is 11.2 Å². The van der Waals surface area contributed by atoms with Crippen LogP contribution >= 0.6 is 23.4 Å². The van der Waals surface area contributed by atoms with Crippen LogP contribution in [0, 0.1) is 0 Å². The summed E-state index contributed by atoms with van der Waals surface area (Å²) in [7, 11) is 0. The van der Waals surface area contributed by atoms with Gasteiger partial charge in [0, 0.05) is 22.1 Å². The summed E-state index contributed by atoms with van der Waals surface area (Å²) in [5.74, 6) is 0.219. The Kier molecular flexibility index (Phi) is 7.17. The fourth-order valence-electron chi connectivity index (χ4n) is 1.93. The van der Waals surface area contributed by atoms with E-state index in [-0.39, 0.29) is 5.91 Å². The maximum absolute atomic E-state index is 11.9. The Morgan fingerprint density at radius 3 is 2.48 bits per heavy atom. The molecular weight excluding hydrogens is 328 g/mol. The van der Waals surface area contributed by atoms with Crippen LogP contribution in [0.4, 0.5) is 0 Å². The summed E-state index contributed by atoms with van der Waals surface area (Å²) in [6.45, 7) is 2.04. The van der Waals surface area contributed by atoms with Crippen molar-refractivity contribution in [2.24, 2.45) is 5.10 Å². The van der Waals surface area contributed by atoms with Gasteiger partial charge in [-0.1, -0.05) is 48.9 Å². The first-order valence-corrected chi connectivity index (χ1v) is 8.80. The molecule has 2 aromatic rings. The fraction of sp³-hybridized carbons (Fsp3) is 0.222. The highest BCUT2D eigenvalue weighted by atomic mass is 35.5. The molecule has 0 heterocycles. The highest BCUT2D eigenvalue weighted by molar-refractivity contribution is 8.00. The number of benzene rings is 2. The molecule has 0 saturated carbocycles. The molecule has 3 nitrogen and oxygen atoms in total. The van der Waals surface area contributed by atoms with E-state index in [9.17, 15) is 4.79 Å². The van der Waals surface area contributed by atoms with Crippen molar-refractivity contribution in [2.75, 3.05) is 5.75 Å². The van der Waals surface area contributed by atoms with Crippen LogP contribution in [0.1, 0.15) is 18.9 Å². The molecule has 23 heavy (non-hydrogen) atoms. The molecule has 0 spiro atoms. The first-order valence-electron chi connectivity index (χ1n) is 7.44. The van der Waals surface area contributed by atoms with E-state index in [1.807, 2.05) is 49.4 Å². The van der Waals surface area contributed by atoms with E-state index >= 15 is 0 Å². The largest absolute Gasteiger partial charge is 0.272 e. The number of amides is 1. The topological polar surface area (TPSA) is 41.5 Å². The van der Waals surface area contributed by atoms with E-state index in [0.717, 1.165) is 23.4 Å². The zero-order valence-electron chi connectivity index (χ0n) is 13.0. The van der Waals surface area contributed by atoms with Crippen molar-refractivity contribution in [3.63, 3.8) is 0 Å². The van der Waals surface area contributed by atoms with E-state index in [1.54, 1.807) is 0 Å². The van der Waals surface area contributed by atoms with Crippen molar-refractivity contribution < 1.29 is 4.79 Å². The lowest BCUT2D eigenvalue weighted by atomic mass is 10.1. The number of carbonyl (C=O) groups excluding carboxylic acids is 1. The van der Waals surface area contributed by atoms with E-state index in [1.165, 1.54) is 17.3 Å². The number of rotatable bonds is 7. The number of hydrazone groups is 1. The van der Waals surface area contributed by atoms with Crippen molar-refractivity contribution >= 4 is 35.0 Å². The van der Waals surface area contributed by atoms with Crippen molar-refractivity contribution in [2.45, 2.75) is 24.7 Å². The Balaban J connectivity index is 1.82. The summed E-state index contributed by atoms with van der Waals surface area (Å²) >= 11 is 7.30. The number of hydrogen-bond acceptors (Lipinski definition) is 3. The van der Waals surface area contributed by atoms with Crippen molar-refractivity contribution in [1.82, 2.24) is 5.43 Å². The lowest BCUT2D eigenvalue weighted by Crippen LogP contribution is -2.22. The summed E-state index contributed by atoms with van der Waals surface area (Å²) < 4.78 is 0. The Morgan fingerprint density at radius 2 is 1.83 bits per heavy atom. The van der Waals surface area contributed by atoms with Gasteiger partial charge in [0.1, 0.15) is 0 Å². The van der Waals surface area contributed by atoms with Crippen LogP contribution < -0.4 is 5.43 Å². The number of carbonyl (C=O) groups is 1. The zero-order valence-corrected chi connectivity index (χ0v) is 14.5. The van der Waals surface area contributed by atoms with Gasteiger partial charge in [0.2, 0.25) is 5.91 Å². The Labute approximate surface area is 146 Å². The van der Waals surface area contributed by atoms with Gasteiger partial charge in [-0.25, -0.2) is 5.43 Å². The Hall–Kier alpha value is -1.78. The lowest BCUT2D eigenvalue weighted by molar-refractivity contribution is -0.118. The summed E-state index contributed by atoms with van der Waals surface area (Å²) in [5, 5.41) is 4.94. The number of halogens is 1. The summed E-state index contributed by atoms with van der Waals surface area (Å²) in [4.78, 5) is 12.9. The minimum absolute atomic E-state index is 0.107. The number of thioether (sulfide) groups is 1. The molecule has 0 aliphatic heterocycles. The molecule has 2 aromatic carbocycles. The van der Waals surface area contributed by atoms with Gasteiger partial charge in [-0.3, -0.25) is 4.79 Å². The molecule has 0 atom stereocenters. The second-order valence-electron chi connectivity index (χ2n) is 4.97. The third-order valence-corrected chi connectivity index (χ3v) is 4.45. The first kappa shape index (κ1) is 17.6.